The molecule has 1 amide bonds. The van der Waals surface area contributed by atoms with Crippen LogP contribution in [0.5, 0.6) is 11.5 Å². The van der Waals surface area contributed by atoms with E-state index in [4.69, 9.17) is 9.47 Å². The number of benzene rings is 1. The molecular formula is C24H34N2O3. The van der Waals surface area contributed by atoms with Gasteiger partial charge in [0.2, 0.25) is 0 Å². The Kier molecular flexibility index (Phi) is 5.42. The number of nitrogens with zero attached hydrogens (tertiary/aromatic N) is 2. The van der Waals surface area contributed by atoms with Crippen LogP contribution in [-0.4, -0.2) is 60.6 Å². The number of fused-ring (bicyclic) bond motifs is 2. The van der Waals surface area contributed by atoms with Crippen molar-refractivity contribution in [3.8, 4) is 11.5 Å². The number of carbonyl (C=O) groups is 1. The minimum absolute atomic E-state index is 0.120. The van der Waals surface area contributed by atoms with Gasteiger partial charge in [-0.2, -0.15) is 0 Å². The van der Waals surface area contributed by atoms with Crippen LogP contribution in [0.15, 0.2) is 18.2 Å². The Morgan fingerprint density at radius 2 is 1.79 bits per heavy atom. The first-order valence-corrected chi connectivity index (χ1v) is 11.6. The van der Waals surface area contributed by atoms with Crippen molar-refractivity contribution in [2.75, 3.05) is 26.7 Å². The molecule has 0 N–H and O–H groups in total. The minimum Gasteiger partial charge on any atom is -0.497 e. The molecule has 4 aliphatic rings. The number of hydrogen-bond acceptors (Lipinski definition) is 4. The molecule has 0 radical (unpaired) electrons. The van der Waals surface area contributed by atoms with Gasteiger partial charge in [0.1, 0.15) is 17.6 Å². The number of rotatable bonds is 5. The summed E-state index contributed by atoms with van der Waals surface area (Å²) in [5.41, 5.74) is 0.676. The van der Waals surface area contributed by atoms with E-state index in [9.17, 15) is 4.79 Å². The lowest BCUT2D eigenvalue weighted by Crippen LogP contribution is -2.43. The number of likely N-dealkylation sites (tertiary alicyclic amines) is 2. The van der Waals surface area contributed by atoms with Gasteiger partial charge in [0.25, 0.3) is 5.91 Å². The SMILES string of the molecule is COc1ccc(OC2CCN(C3CCCC3)CC2)c(C(=O)N2C[C@H]3CC[C@H]2C3)c1. The predicted molar refractivity (Wildman–Crippen MR) is 113 cm³/mol. The maximum absolute atomic E-state index is 13.4. The maximum Gasteiger partial charge on any atom is 0.258 e. The molecule has 158 valence electrons. The fraction of sp³-hybridized carbons (Fsp3) is 0.708. The van der Waals surface area contributed by atoms with Crippen molar-refractivity contribution in [3.05, 3.63) is 23.8 Å². The summed E-state index contributed by atoms with van der Waals surface area (Å²) in [5.74, 6) is 2.27. The average Bonchev–Trinajstić information content (AvgIpc) is 3.52. The first-order chi connectivity index (χ1) is 14.2. The number of carbonyl (C=O) groups excluding carboxylic acids is 1. The first kappa shape index (κ1) is 19.2. The molecule has 5 rings (SSSR count). The van der Waals surface area contributed by atoms with E-state index in [1.807, 2.05) is 18.2 Å². The van der Waals surface area contributed by atoms with Gasteiger partial charge in [0.15, 0.2) is 0 Å². The van der Waals surface area contributed by atoms with Crippen LogP contribution >= 0.6 is 0 Å². The lowest BCUT2D eigenvalue weighted by Gasteiger charge is -2.36. The van der Waals surface area contributed by atoms with Crippen LogP contribution in [0.2, 0.25) is 0 Å². The minimum atomic E-state index is 0.120. The van der Waals surface area contributed by atoms with Crippen molar-refractivity contribution < 1.29 is 14.3 Å². The number of methoxy groups -OCH3 is 1. The molecule has 1 aromatic rings. The summed E-state index contributed by atoms with van der Waals surface area (Å²) in [7, 11) is 1.65. The van der Waals surface area contributed by atoms with E-state index in [1.54, 1.807) is 7.11 Å². The lowest BCUT2D eigenvalue weighted by molar-refractivity contribution is 0.0660. The van der Waals surface area contributed by atoms with Gasteiger partial charge >= 0.3 is 0 Å². The zero-order valence-corrected chi connectivity index (χ0v) is 17.6. The van der Waals surface area contributed by atoms with Gasteiger partial charge in [0.05, 0.1) is 12.7 Å². The molecule has 0 spiro atoms. The van der Waals surface area contributed by atoms with E-state index in [-0.39, 0.29) is 12.0 Å². The third-order valence-electron chi connectivity index (χ3n) is 7.70. The summed E-state index contributed by atoms with van der Waals surface area (Å²) in [6.07, 6.45) is 11.4. The Morgan fingerprint density at radius 3 is 2.45 bits per heavy atom. The second-order valence-corrected chi connectivity index (χ2v) is 9.44. The second-order valence-electron chi connectivity index (χ2n) is 9.44. The smallest absolute Gasteiger partial charge is 0.258 e. The van der Waals surface area contributed by atoms with Crippen LogP contribution in [-0.2, 0) is 0 Å². The van der Waals surface area contributed by atoms with Crippen molar-refractivity contribution >= 4 is 5.91 Å². The summed E-state index contributed by atoms with van der Waals surface area (Å²) in [5, 5.41) is 0. The lowest BCUT2D eigenvalue weighted by atomic mass is 10.0. The summed E-state index contributed by atoms with van der Waals surface area (Å²) in [4.78, 5) is 18.1. The average molecular weight is 399 g/mol. The fourth-order valence-corrected chi connectivity index (χ4v) is 6.04. The van der Waals surface area contributed by atoms with E-state index in [0.717, 1.165) is 56.4 Å². The number of ether oxygens (including phenoxy) is 2. The van der Waals surface area contributed by atoms with Gasteiger partial charge in [-0.05, 0) is 69.1 Å². The van der Waals surface area contributed by atoms with Gasteiger partial charge in [0, 0.05) is 31.7 Å². The van der Waals surface area contributed by atoms with E-state index in [1.165, 1.54) is 38.5 Å². The topological polar surface area (TPSA) is 42.0 Å². The molecule has 2 heterocycles. The quantitative estimate of drug-likeness (QED) is 0.749. The number of amides is 1. The molecule has 5 heteroatoms. The van der Waals surface area contributed by atoms with Crippen molar-refractivity contribution in [3.63, 3.8) is 0 Å². The van der Waals surface area contributed by atoms with Gasteiger partial charge in [-0.15, -0.1) is 0 Å². The highest BCUT2D eigenvalue weighted by Gasteiger charge is 2.41. The van der Waals surface area contributed by atoms with E-state index in [2.05, 4.69) is 9.80 Å². The molecule has 2 saturated carbocycles. The molecule has 5 nitrogen and oxygen atoms in total. The van der Waals surface area contributed by atoms with Gasteiger partial charge < -0.3 is 19.3 Å². The van der Waals surface area contributed by atoms with Crippen LogP contribution in [0, 0.1) is 5.92 Å². The highest BCUT2D eigenvalue weighted by Crippen LogP contribution is 2.39. The molecule has 2 bridgehead atoms. The van der Waals surface area contributed by atoms with Crippen molar-refractivity contribution in [2.24, 2.45) is 5.92 Å². The van der Waals surface area contributed by atoms with Crippen molar-refractivity contribution in [1.82, 2.24) is 9.80 Å². The summed E-state index contributed by atoms with van der Waals surface area (Å²) in [6, 6.07) is 6.93. The molecule has 2 aliphatic heterocycles. The molecule has 0 unspecified atom stereocenters. The summed E-state index contributed by atoms with van der Waals surface area (Å²) >= 11 is 0. The summed E-state index contributed by atoms with van der Waals surface area (Å²) < 4.78 is 11.8. The molecule has 2 atom stereocenters. The van der Waals surface area contributed by atoms with Gasteiger partial charge in [-0.1, -0.05) is 12.8 Å². The Labute approximate surface area is 174 Å². The molecule has 1 aromatic carbocycles. The van der Waals surface area contributed by atoms with Crippen LogP contribution in [0.4, 0.5) is 0 Å². The third kappa shape index (κ3) is 3.86. The van der Waals surface area contributed by atoms with Gasteiger partial charge in [-0.25, -0.2) is 0 Å². The molecule has 0 aromatic heterocycles. The second kappa shape index (κ2) is 8.17. The van der Waals surface area contributed by atoms with Crippen LogP contribution in [0.25, 0.3) is 0 Å². The standard InChI is InChI=1S/C24H34N2O3/c1-28-21-8-9-23(22(15-21)24(27)26-16-17-6-7-19(26)14-17)29-20-10-12-25(13-11-20)18-4-2-3-5-18/h8-9,15,17-20H,2-7,10-14,16H2,1H3/t17-,19-/m0/s1. The fourth-order valence-electron chi connectivity index (χ4n) is 6.04. The largest absolute Gasteiger partial charge is 0.497 e. The van der Waals surface area contributed by atoms with Crippen LogP contribution in [0.3, 0.4) is 0 Å². The number of piperidine rings is 2. The molecule has 2 aliphatic carbocycles. The maximum atomic E-state index is 13.4. The first-order valence-electron chi connectivity index (χ1n) is 11.6. The van der Waals surface area contributed by atoms with Gasteiger partial charge in [-0.3, -0.25) is 4.79 Å². The Balaban J connectivity index is 1.28. The normalized spacial score (nSPS) is 28.2. The zero-order chi connectivity index (χ0) is 19.8. The monoisotopic (exact) mass is 398 g/mol. The molecule has 4 fully saturated rings. The number of hydrogen-bond donors (Lipinski definition) is 0. The van der Waals surface area contributed by atoms with Crippen molar-refractivity contribution in [2.45, 2.75) is 76.0 Å². The molecule has 2 saturated heterocycles. The Bertz CT molecular complexity index is 738. The van der Waals surface area contributed by atoms with Crippen molar-refractivity contribution in [1.29, 1.82) is 0 Å². The van der Waals surface area contributed by atoms with E-state index >= 15 is 0 Å². The van der Waals surface area contributed by atoms with E-state index in [0.29, 0.717) is 17.5 Å². The highest BCUT2D eigenvalue weighted by atomic mass is 16.5. The molecular weight excluding hydrogens is 364 g/mol. The Hall–Kier alpha value is -1.75. The predicted octanol–water partition coefficient (Wildman–Crippen LogP) is 4.11. The van der Waals surface area contributed by atoms with Crippen LogP contribution < -0.4 is 9.47 Å². The zero-order valence-electron chi connectivity index (χ0n) is 17.6. The van der Waals surface area contributed by atoms with Crippen LogP contribution in [0.1, 0.15) is 68.1 Å². The highest BCUT2D eigenvalue weighted by molar-refractivity contribution is 5.97. The summed E-state index contributed by atoms with van der Waals surface area (Å²) in [6.45, 7) is 3.13. The molecule has 29 heavy (non-hydrogen) atoms. The Morgan fingerprint density at radius 1 is 1.00 bits per heavy atom. The third-order valence-corrected chi connectivity index (χ3v) is 7.70. The van der Waals surface area contributed by atoms with E-state index < -0.39 is 0 Å².